The molecule has 0 heterocycles. The molecule has 0 aromatic heterocycles. The maximum Gasteiger partial charge on any atom is 0.0630 e. The zero-order valence-electron chi connectivity index (χ0n) is 20.7. The van der Waals surface area contributed by atoms with Gasteiger partial charge in [0.2, 0.25) is 0 Å². The van der Waals surface area contributed by atoms with Gasteiger partial charge in [-0.25, -0.2) is 0 Å². The van der Waals surface area contributed by atoms with Gasteiger partial charge in [-0.1, -0.05) is 56.9 Å². The molecule has 3 rings (SSSR count). The molecule has 3 N–H and O–H groups in total. The molecule has 3 aliphatic rings. The Morgan fingerprint density at radius 3 is 2.42 bits per heavy atom. The molecule has 0 radical (unpaired) electrons. The second kappa shape index (κ2) is 10.1. The Morgan fingerprint density at radius 2 is 1.81 bits per heavy atom. The molecule has 0 bridgehead atoms. The van der Waals surface area contributed by atoms with E-state index >= 15 is 0 Å². The van der Waals surface area contributed by atoms with E-state index in [0.29, 0.717) is 30.1 Å². The number of rotatable bonds is 7. The Kier molecular flexibility index (Phi) is 8.14. The zero-order chi connectivity index (χ0) is 22.8. The number of aliphatic hydroxyl groups is 3. The normalized spacial score (nSPS) is 38.9. The molecule has 3 heteroatoms. The van der Waals surface area contributed by atoms with E-state index in [1.165, 1.54) is 44.1 Å². The summed E-state index contributed by atoms with van der Waals surface area (Å²) in [6, 6.07) is 0. The van der Waals surface area contributed by atoms with Gasteiger partial charge in [-0.2, -0.15) is 0 Å². The standard InChI is InChI=1S/C28H48O3/c1-6-22-25(29)17-20(18-26(22)30)11-12-21-10-8-16-28(5)23(13-14-24(21)28)19(2)9-7-15-27(3,4)31/h11-12,19,22-26,29-31H,6-10,13-18H2,1-5H3/b20-11?,21-12+/t19-,22?,23-,24-,25-,26-,28-/m1/s1. The van der Waals surface area contributed by atoms with Crippen molar-refractivity contribution >= 4 is 0 Å². The lowest BCUT2D eigenvalue weighted by molar-refractivity contribution is -0.00700. The Balaban J connectivity index is 1.66. The van der Waals surface area contributed by atoms with Crippen LogP contribution in [-0.2, 0) is 0 Å². The maximum absolute atomic E-state index is 10.4. The Hall–Kier alpha value is -0.640. The molecule has 31 heavy (non-hydrogen) atoms. The second-order valence-electron chi connectivity index (χ2n) is 12.0. The minimum atomic E-state index is -0.548. The van der Waals surface area contributed by atoms with E-state index in [1.807, 2.05) is 13.8 Å². The zero-order valence-corrected chi connectivity index (χ0v) is 20.7. The number of allylic oxidation sites excluding steroid dienone is 3. The van der Waals surface area contributed by atoms with Gasteiger partial charge in [-0.05, 0) is 94.8 Å². The van der Waals surface area contributed by atoms with E-state index in [9.17, 15) is 15.3 Å². The molecule has 0 aliphatic heterocycles. The fraction of sp³-hybridized carbons (Fsp3) is 0.857. The highest BCUT2D eigenvalue weighted by atomic mass is 16.3. The van der Waals surface area contributed by atoms with Crippen molar-refractivity contribution < 1.29 is 15.3 Å². The van der Waals surface area contributed by atoms with Crippen molar-refractivity contribution in [2.45, 2.75) is 123 Å². The summed E-state index contributed by atoms with van der Waals surface area (Å²) in [5.41, 5.74) is 2.66. The first-order valence-electron chi connectivity index (χ1n) is 13.0. The summed E-state index contributed by atoms with van der Waals surface area (Å²) in [7, 11) is 0. The highest BCUT2D eigenvalue weighted by molar-refractivity contribution is 5.26. The Bertz CT molecular complexity index is 644. The van der Waals surface area contributed by atoms with Crippen molar-refractivity contribution in [2.75, 3.05) is 0 Å². The second-order valence-corrected chi connectivity index (χ2v) is 12.0. The van der Waals surface area contributed by atoms with Gasteiger partial charge in [0.25, 0.3) is 0 Å². The highest BCUT2D eigenvalue weighted by Gasteiger charge is 2.50. The summed E-state index contributed by atoms with van der Waals surface area (Å²) < 4.78 is 0. The lowest BCUT2D eigenvalue weighted by Crippen LogP contribution is -2.36. The molecule has 3 saturated carbocycles. The lowest BCUT2D eigenvalue weighted by Gasteiger charge is -2.44. The van der Waals surface area contributed by atoms with Crippen molar-refractivity contribution in [3.05, 3.63) is 23.3 Å². The van der Waals surface area contributed by atoms with Crippen molar-refractivity contribution in [3.63, 3.8) is 0 Å². The highest BCUT2D eigenvalue weighted by Crippen LogP contribution is 2.60. The summed E-state index contributed by atoms with van der Waals surface area (Å²) >= 11 is 0. The van der Waals surface area contributed by atoms with E-state index in [1.54, 1.807) is 5.57 Å². The van der Waals surface area contributed by atoms with Crippen LogP contribution in [0.1, 0.15) is 105 Å². The lowest BCUT2D eigenvalue weighted by atomic mass is 9.60. The van der Waals surface area contributed by atoms with E-state index < -0.39 is 17.8 Å². The molecular formula is C28H48O3. The number of aliphatic hydroxyl groups excluding tert-OH is 2. The molecule has 0 aromatic rings. The fourth-order valence-electron chi connectivity index (χ4n) is 7.36. The van der Waals surface area contributed by atoms with Crippen LogP contribution < -0.4 is 0 Å². The summed E-state index contributed by atoms with van der Waals surface area (Å²) in [6.07, 6.45) is 15.7. The van der Waals surface area contributed by atoms with E-state index in [4.69, 9.17) is 0 Å². The number of hydrogen-bond acceptors (Lipinski definition) is 3. The smallest absolute Gasteiger partial charge is 0.0630 e. The third-order valence-electron chi connectivity index (χ3n) is 9.11. The summed E-state index contributed by atoms with van der Waals surface area (Å²) in [4.78, 5) is 0. The quantitative estimate of drug-likeness (QED) is 0.450. The van der Waals surface area contributed by atoms with Crippen LogP contribution in [0.3, 0.4) is 0 Å². The van der Waals surface area contributed by atoms with Crippen LogP contribution in [-0.4, -0.2) is 33.1 Å². The molecule has 3 aliphatic carbocycles. The molecule has 0 amide bonds. The largest absolute Gasteiger partial charge is 0.392 e. The molecule has 0 saturated heterocycles. The third kappa shape index (κ3) is 5.84. The van der Waals surface area contributed by atoms with Crippen LogP contribution in [0, 0.1) is 29.1 Å². The molecule has 178 valence electrons. The summed E-state index contributed by atoms with van der Waals surface area (Å²) in [5, 5.41) is 30.9. The molecular weight excluding hydrogens is 384 g/mol. The van der Waals surface area contributed by atoms with Crippen LogP contribution in [0.2, 0.25) is 0 Å². The van der Waals surface area contributed by atoms with Crippen LogP contribution in [0.5, 0.6) is 0 Å². The third-order valence-corrected chi connectivity index (χ3v) is 9.11. The van der Waals surface area contributed by atoms with Crippen LogP contribution in [0.15, 0.2) is 23.3 Å². The van der Waals surface area contributed by atoms with Gasteiger partial charge in [-0.3, -0.25) is 0 Å². The summed E-state index contributed by atoms with van der Waals surface area (Å²) in [5.74, 6) is 2.20. The van der Waals surface area contributed by atoms with Crippen molar-refractivity contribution in [2.24, 2.45) is 29.1 Å². The molecule has 3 fully saturated rings. The fourth-order valence-corrected chi connectivity index (χ4v) is 7.36. The Morgan fingerprint density at radius 1 is 1.13 bits per heavy atom. The summed E-state index contributed by atoms with van der Waals surface area (Å²) in [6.45, 7) is 10.9. The van der Waals surface area contributed by atoms with Crippen LogP contribution >= 0.6 is 0 Å². The Labute approximate surface area is 191 Å². The minimum Gasteiger partial charge on any atom is -0.392 e. The average Bonchev–Trinajstić information content (AvgIpc) is 3.02. The van der Waals surface area contributed by atoms with Crippen LogP contribution in [0.25, 0.3) is 0 Å². The van der Waals surface area contributed by atoms with Gasteiger partial charge in [0.1, 0.15) is 0 Å². The van der Waals surface area contributed by atoms with E-state index in [-0.39, 0.29) is 5.92 Å². The van der Waals surface area contributed by atoms with Crippen LogP contribution in [0.4, 0.5) is 0 Å². The van der Waals surface area contributed by atoms with Crippen molar-refractivity contribution in [1.82, 2.24) is 0 Å². The SMILES string of the molecule is CCC1[C@H](O)CC(=C/C=C2\CCC[C@@]3(C)[C@@H]2CC[C@@H]3[C@H](C)CCCC(C)(C)O)C[C@H]1O. The first-order chi connectivity index (χ1) is 14.5. The topological polar surface area (TPSA) is 60.7 Å². The monoisotopic (exact) mass is 432 g/mol. The molecule has 0 aromatic carbocycles. The average molecular weight is 433 g/mol. The molecule has 0 spiro atoms. The predicted octanol–water partition coefficient (Wildman–Crippen LogP) is 6.17. The van der Waals surface area contributed by atoms with Gasteiger partial charge in [0, 0.05) is 5.92 Å². The van der Waals surface area contributed by atoms with Gasteiger partial charge in [-0.15, -0.1) is 0 Å². The van der Waals surface area contributed by atoms with E-state index in [0.717, 1.165) is 25.2 Å². The molecule has 6 atom stereocenters. The van der Waals surface area contributed by atoms with Gasteiger partial charge in [0.15, 0.2) is 0 Å². The van der Waals surface area contributed by atoms with E-state index in [2.05, 4.69) is 32.9 Å². The van der Waals surface area contributed by atoms with Gasteiger partial charge in [0.05, 0.1) is 17.8 Å². The van der Waals surface area contributed by atoms with Gasteiger partial charge >= 0.3 is 0 Å². The first-order valence-corrected chi connectivity index (χ1v) is 13.0. The first kappa shape index (κ1) is 25.0. The maximum atomic E-state index is 10.4. The van der Waals surface area contributed by atoms with Crippen molar-refractivity contribution in [1.29, 1.82) is 0 Å². The molecule has 0 unspecified atom stereocenters. The van der Waals surface area contributed by atoms with Crippen molar-refractivity contribution in [3.8, 4) is 0 Å². The number of fused-ring (bicyclic) bond motifs is 1. The molecule has 3 nitrogen and oxygen atoms in total. The number of hydrogen-bond donors (Lipinski definition) is 3. The predicted molar refractivity (Wildman–Crippen MR) is 129 cm³/mol. The minimum absolute atomic E-state index is 0.0243. The van der Waals surface area contributed by atoms with Gasteiger partial charge < -0.3 is 15.3 Å².